The normalized spacial score (nSPS) is 11.9. The molecule has 204 valence electrons. The number of amides is 3. The molecule has 3 N–H and O–H groups in total. The van der Waals surface area contributed by atoms with E-state index in [-0.39, 0.29) is 16.9 Å². The molecule has 0 fully saturated rings. The van der Waals surface area contributed by atoms with Crippen molar-refractivity contribution in [3.8, 4) is 0 Å². The fourth-order valence-electron chi connectivity index (χ4n) is 3.57. The van der Waals surface area contributed by atoms with Crippen LogP contribution < -0.4 is 16.0 Å². The Balaban J connectivity index is 1.50. The van der Waals surface area contributed by atoms with Gasteiger partial charge in [-0.3, -0.25) is 19.7 Å². The summed E-state index contributed by atoms with van der Waals surface area (Å²) in [7, 11) is 0. The molecule has 0 saturated heterocycles. The van der Waals surface area contributed by atoms with Crippen molar-refractivity contribution in [3.63, 3.8) is 0 Å². The molecule has 1 unspecified atom stereocenters. The second-order valence-electron chi connectivity index (χ2n) is 8.55. The van der Waals surface area contributed by atoms with Gasteiger partial charge in [0.05, 0.1) is 5.25 Å². The third-order valence-electron chi connectivity index (χ3n) is 5.48. The van der Waals surface area contributed by atoms with Gasteiger partial charge in [-0.05, 0) is 67.4 Å². The molecule has 11 heteroatoms. The summed E-state index contributed by atoms with van der Waals surface area (Å²) in [5, 5.41) is 17.6. The summed E-state index contributed by atoms with van der Waals surface area (Å²) in [5.74, 6) is -1.10. The molecule has 0 radical (unpaired) electrons. The second kappa shape index (κ2) is 13.9. The molecule has 4 rings (SSSR count). The van der Waals surface area contributed by atoms with Crippen LogP contribution in [0.5, 0.6) is 0 Å². The van der Waals surface area contributed by atoms with Crippen molar-refractivity contribution < 1.29 is 14.4 Å². The van der Waals surface area contributed by atoms with Crippen molar-refractivity contribution in [2.45, 2.75) is 30.4 Å². The summed E-state index contributed by atoms with van der Waals surface area (Å²) < 4.78 is 0. The molecule has 0 aliphatic carbocycles. The zero-order chi connectivity index (χ0) is 28.5. The molecule has 3 aromatic carbocycles. The number of nitrogens with one attached hydrogen (secondary N) is 3. The highest BCUT2D eigenvalue weighted by Gasteiger charge is 2.20. The largest absolute Gasteiger partial charge is 0.321 e. The third-order valence-corrected chi connectivity index (χ3v) is 7.83. The third kappa shape index (κ3) is 8.25. The minimum atomic E-state index is -0.511. The smallest absolute Gasteiger partial charge is 0.272 e. The zero-order valence-electron chi connectivity index (χ0n) is 21.7. The van der Waals surface area contributed by atoms with Gasteiger partial charge in [0.1, 0.15) is 10.7 Å². The molecule has 0 spiro atoms. The van der Waals surface area contributed by atoms with Gasteiger partial charge in [0, 0.05) is 21.2 Å². The molecule has 1 aromatic heterocycles. The van der Waals surface area contributed by atoms with Gasteiger partial charge < -0.3 is 10.6 Å². The van der Waals surface area contributed by atoms with Crippen molar-refractivity contribution in [1.82, 2.24) is 15.5 Å². The Hall–Kier alpha value is -3.99. The van der Waals surface area contributed by atoms with Crippen LogP contribution in [0.15, 0.2) is 89.5 Å². The highest BCUT2D eigenvalue weighted by atomic mass is 35.5. The van der Waals surface area contributed by atoms with Crippen LogP contribution in [0.4, 0.5) is 10.8 Å². The first kappa shape index (κ1) is 29.0. The van der Waals surface area contributed by atoms with Crippen molar-refractivity contribution >= 4 is 69.3 Å². The van der Waals surface area contributed by atoms with Gasteiger partial charge in [-0.1, -0.05) is 66.3 Å². The first-order chi connectivity index (χ1) is 19.3. The number of benzene rings is 3. The number of rotatable bonds is 10. The highest BCUT2D eigenvalue weighted by Crippen LogP contribution is 2.29. The Morgan fingerprint density at radius 1 is 0.975 bits per heavy atom. The lowest BCUT2D eigenvalue weighted by Crippen LogP contribution is -2.30. The van der Waals surface area contributed by atoms with E-state index in [1.54, 1.807) is 78.9 Å². The van der Waals surface area contributed by atoms with Crippen molar-refractivity contribution in [2.75, 3.05) is 10.6 Å². The SMILES string of the molecule is CCC(Sc1cccc(NC(=O)/C(=C/c2cccc(Cl)c2)NC(=O)c2ccccc2)c1)C(=O)Nc1nnc(C)s1. The van der Waals surface area contributed by atoms with Crippen LogP contribution in [0.25, 0.3) is 6.08 Å². The van der Waals surface area contributed by atoms with Gasteiger partial charge in [-0.15, -0.1) is 22.0 Å². The lowest BCUT2D eigenvalue weighted by Gasteiger charge is -2.15. The number of anilines is 2. The van der Waals surface area contributed by atoms with Gasteiger partial charge in [0.2, 0.25) is 11.0 Å². The maximum absolute atomic E-state index is 13.4. The summed E-state index contributed by atoms with van der Waals surface area (Å²) in [6.07, 6.45) is 2.15. The molecule has 4 aromatic rings. The van der Waals surface area contributed by atoms with Gasteiger partial charge >= 0.3 is 0 Å². The van der Waals surface area contributed by atoms with Crippen molar-refractivity contribution in [3.05, 3.63) is 106 Å². The van der Waals surface area contributed by atoms with E-state index < -0.39 is 11.8 Å². The Bertz CT molecular complexity index is 1540. The molecule has 1 heterocycles. The summed E-state index contributed by atoms with van der Waals surface area (Å²) in [6, 6.07) is 22.8. The van der Waals surface area contributed by atoms with E-state index in [2.05, 4.69) is 26.1 Å². The number of carbonyl (C=O) groups excluding carboxylic acids is 3. The van der Waals surface area contributed by atoms with E-state index in [1.807, 2.05) is 19.9 Å². The van der Waals surface area contributed by atoms with Crippen LogP contribution in [0.2, 0.25) is 5.02 Å². The molecule has 1 atom stereocenters. The Morgan fingerprint density at radius 3 is 2.45 bits per heavy atom. The van der Waals surface area contributed by atoms with E-state index in [0.717, 1.165) is 9.90 Å². The molecule has 40 heavy (non-hydrogen) atoms. The molecule has 0 aliphatic heterocycles. The molecular formula is C29H26ClN5O3S2. The van der Waals surface area contributed by atoms with E-state index >= 15 is 0 Å². The number of carbonyl (C=O) groups is 3. The highest BCUT2D eigenvalue weighted by molar-refractivity contribution is 8.00. The van der Waals surface area contributed by atoms with Crippen LogP contribution in [0.3, 0.4) is 0 Å². The van der Waals surface area contributed by atoms with Crippen molar-refractivity contribution in [2.24, 2.45) is 0 Å². The Morgan fingerprint density at radius 2 is 1.75 bits per heavy atom. The maximum Gasteiger partial charge on any atom is 0.272 e. The number of nitrogens with zero attached hydrogens (tertiary/aromatic N) is 2. The Kier molecular flexibility index (Phi) is 10.1. The minimum Gasteiger partial charge on any atom is -0.321 e. The number of aromatic nitrogens is 2. The Labute approximate surface area is 245 Å². The van der Waals surface area contributed by atoms with Gasteiger partial charge in [0.25, 0.3) is 11.8 Å². The molecule has 0 aliphatic rings. The molecule has 0 bridgehead atoms. The number of thioether (sulfide) groups is 1. The summed E-state index contributed by atoms with van der Waals surface area (Å²) in [6.45, 7) is 3.75. The predicted octanol–water partition coefficient (Wildman–Crippen LogP) is 6.42. The quantitative estimate of drug-likeness (QED) is 0.145. The standard InChI is InChI=1S/C29H26ClN5O3S2/c1-3-25(28(38)33-29-35-34-18(2)39-29)40-23-14-8-13-22(17-23)31-27(37)24(16-19-9-7-12-21(30)15-19)32-26(36)20-10-5-4-6-11-20/h4-17,25H,3H2,1-2H3,(H,31,37)(H,32,36)(H,33,35,38)/b24-16-. The van der Waals surface area contributed by atoms with Crippen molar-refractivity contribution in [1.29, 1.82) is 0 Å². The van der Waals surface area contributed by atoms with Crippen LogP contribution in [-0.2, 0) is 9.59 Å². The fraction of sp³-hybridized carbons (Fsp3) is 0.138. The van der Waals surface area contributed by atoms with E-state index in [0.29, 0.717) is 33.4 Å². The number of aryl methyl sites for hydroxylation is 1. The predicted molar refractivity (Wildman–Crippen MR) is 162 cm³/mol. The fourth-order valence-corrected chi connectivity index (χ4v) is 5.38. The van der Waals surface area contributed by atoms with E-state index in [4.69, 9.17) is 11.6 Å². The average molecular weight is 592 g/mol. The van der Waals surface area contributed by atoms with Crippen LogP contribution in [0.1, 0.15) is 34.3 Å². The number of hydrogen-bond donors (Lipinski definition) is 3. The monoisotopic (exact) mass is 591 g/mol. The van der Waals surface area contributed by atoms with Gasteiger partial charge in [-0.25, -0.2) is 0 Å². The minimum absolute atomic E-state index is 0.0485. The molecule has 0 saturated carbocycles. The lowest BCUT2D eigenvalue weighted by molar-refractivity contribution is -0.116. The van der Waals surface area contributed by atoms with Crippen LogP contribution in [0, 0.1) is 6.92 Å². The molecule has 8 nitrogen and oxygen atoms in total. The van der Waals surface area contributed by atoms with Gasteiger partial charge in [-0.2, -0.15) is 0 Å². The number of halogens is 1. The molecular weight excluding hydrogens is 566 g/mol. The lowest BCUT2D eigenvalue weighted by atomic mass is 10.1. The average Bonchev–Trinajstić information content (AvgIpc) is 3.36. The maximum atomic E-state index is 13.4. The van der Waals surface area contributed by atoms with Gasteiger partial charge in [0.15, 0.2) is 0 Å². The van der Waals surface area contributed by atoms with E-state index in [9.17, 15) is 14.4 Å². The first-order valence-corrected chi connectivity index (χ1v) is 14.4. The van der Waals surface area contributed by atoms with Crippen LogP contribution in [-0.4, -0.2) is 33.2 Å². The topological polar surface area (TPSA) is 113 Å². The zero-order valence-corrected chi connectivity index (χ0v) is 24.1. The van der Waals surface area contributed by atoms with E-state index in [1.165, 1.54) is 23.1 Å². The molecule has 3 amide bonds. The summed E-state index contributed by atoms with van der Waals surface area (Å²) >= 11 is 8.82. The second-order valence-corrected chi connectivity index (χ2v) is 11.4. The first-order valence-electron chi connectivity index (χ1n) is 12.3. The van der Waals surface area contributed by atoms with Crippen LogP contribution >= 0.6 is 34.7 Å². The summed E-state index contributed by atoms with van der Waals surface area (Å²) in [4.78, 5) is 39.8. The summed E-state index contributed by atoms with van der Waals surface area (Å²) in [5.41, 5.74) is 1.62. The number of hydrogen-bond acceptors (Lipinski definition) is 7.